The van der Waals surface area contributed by atoms with Crippen molar-refractivity contribution < 1.29 is 4.74 Å². The second-order valence-corrected chi connectivity index (χ2v) is 8.45. The first kappa shape index (κ1) is 21.9. The highest BCUT2D eigenvalue weighted by molar-refractivity contribution is 6.33. The van der Waals surface area contributed by atoms with Crippen molar-refractivity contribution in [2.24, 2.45) is 10.1 Å². The van der Waals surface area contributed by atoms with Crippen molar-refractivity contribution in [2.45, 2.75) is 12.5 Å². The first-order valence-electron chi connectivity index (χ1n) is 11.2. The molecule has 0 amide bonds. The molecule has 1 atom stereocenters. The van der Waals surface area contributed by atoms with E-state index in [1.807, 2.05) is 54.6 Å². The molecule has 4 nitrogen and oxygen atoms in total. The van der Waals surface area contributed by atoms with Crippen molar-refractivity contribution in [2.75, 3.05) is 12.1 Å². The van der Waals surface area contributed by atoms with Gasteiger partial charge in [-0.3, -0.25) is 10.0 Å². The fourth-order valence-electron chi connectivity index (χ4n) is 4.05. The first-order chi connectivity index (χ1) is 16.7. The second-order valence-electron chi connectivity index (χ2n) is 8.05. The summed E-state index contributed by atoms with van der Waals surface area (Å²) < 4.78 is 5.35. The summed E-state index contributed by atoms with van der Waals surface area (Å²) in [5.41, 5.74) is 6.17. The average Bonchev–Trinajstić information content (AvgIpc) is 3.35. The standard InChI is InChI=1S/C29H24ClN3O/c1-34-26-17-11-22(12-18-26)29-19-28(21-7-3-2-4-8-21)32-33(29)25-15-13-24(14-16-25)31-20-23-9-5-6-10-27(23)30/h2-18,20,29H,19H2,1H3/t29-/m0/s1. The van der Waals surface area contributed by atoms with Crippen molar-refractivity contribution in [3.05, 3.63) is 125 Å². The lowest BCUT2D eigenvalue weighted by Crippen LogP contribution is -2.18. The van der Waals surface area contributed by atoms with E-state index in [-0.39, 0.29) is 6.04 Å². The van der Waals surface area contributed by atoms with Crippen LogP contribution in [0.2, 0.25) is 5.02 Å². The first-order valence-corrected chi connectivity index (χ1v) is 11.5. The lowest BCUT2D eigenvalue weighted by Gasteiger charge is -2.24. The zero-order chi connectivity index (χ0) is 23.3. The molecule has 5 heteroatoms. The minimum Gasteiger partial charge on any atom is -0.497 e. The highest BCUT2D eigenvalue weighted by Crippen LogP contribution is 2.37. The normalized spacial score (nSPS) is 15.5. The quantitative estimate of drug-likeness (QED) is 0.277. The van der Waals surface area contributed by atoms with Crippen molar-refractivity contribution in [3.8, 4) is 5.75 Å². The molecule has 1 heterocycles. The molecule has 1 aliphatic heterocycles. The van der Waals surface area contributed by atoms with Gasteiger partial charge in [-0.15, -0.1) is 0 Å². The van der Waals surface area contributed by atoms with Crippen LogP contribution in [0.1, 0.15) is 29.2 Å². The summed E-state index contributed by atoms with van der Waals surface area (Å²) in [5, 5.41) is 7.81. The van der Waals surface area contributed by atoms with Crippen LogP contribution in [0.25, 0.3) is 0 Å². The van der Waals surface area contributed by atoms with Crippen molar-refractivity contribution in [1.82, 2.24) is 0 Å². The van der Waals surface area contributed by atoms with E-state index in [4.69, 9.17) is 21.4 Å². The molecule has 0 unspecified atom stereocenters. The summed E-state index contributed by atoms with van der Waals surface area (Å²) in [7, 11) is 1.68. The summed E-state index contributed by atoms with van der Waals surface area (Å²) in [4.78, 5) is 4.59. The Bertz CT molecular complexity index is 1320. The molecule has 168 valence electrons. The molecule has 4 aromatic rings. The van der Waals surface area contributed by atoms with Crippen LogP contribution in [-0.4, -0.2) is 19.0 Å². The van der Waals surface area contributed by atoms with Gasteiger partial charge in [-0.05, 0) is 53.6 Å². The Kier molecular flexibility index (Phi) is 6.41. The topological polar surface area (TPSA) is 37.2 Å². The van der Waals surface area contributed by atoms with E-state index in [0.717, 1.165) is 40.4 Å². The van der Waals surface area contributed by atoms with Crippen LogP contribution in [0.3, 0.4) is 0 Å². The largest absolute Gasteiger partial charge is 0.497 e. The van der Waals surface area contributed by atoms with E-state index >= 15 is 0 Å². The molecule has 0 bridgehead atoms. The van der Waals surface area contributed by atoms with Gasteiger partial charge in [0.15, 0.2) is 0 Å². The van der Waals surface area contributed by atoms with E-state index in [9.17, 15) is 0 Å². The molecule has 0 aromatic heterocycles. The van der Waals surface area contributed by atoms with Gasteiger partial charge in [0.2, 0.25) is 0 Å². The zero-order valence-corrected chi connectivity index (χ0v) is 19.6. The highest BCUT2D eigenvalue weighted by Gasteiger charge is 2.29. The predicted molar refractivity (Wildman–Crippen MR) is 141 cm³/mol. The molecule has 5 rings (SSSR count). The van der Waals surface area contributed by atoms with Gasteiger partial charge in [-0.25, -0.2) is 0 Å². The van der Waals surface area contributed by atoms with Crippen LogP contribution >= 0.6 is 11.6 Å². The molecule has 0 N–H and O–H groups in total. The van der Waals surface area contributed by atoms with Gasteiger partial charge in [0.1, 0.15) is 5.75 Å². The van der Waals surface area contributed by atoms with E-state index in [1.165, 1.54) is 5.56 Å². The Morgan fingerprint density at radius 3 is 2.29 bits per heavy atom. The summed E-state index contributed by atoms with van der Waals surface area (Å²) >= 11 is 6.24. The van der Waals surface area contributed by atoms with Crippen LogP contribution < -0.4 is 9.75 Å². The third-order valence-corrected chi connectivity index (χ3v) is 6.23. The Labute approximate surface area is 204 Å². The van der Waals surface area contributed by atoms with Crippen LogP contribution in [0.5, 0.6) is 5.75 Å². The van der Waals surface area contributed by atoms with Crippen LogP contribution in [-0.2, 0) is 0 Å². The van der Waals surface area contributed by atoms with E-state index in [0.29, 0.717) is 5.02 Å². The number of ether oxygens (including phenoxy) is 1. The number of hydrogen-bond donors (Lipinski definition) is 0. The molecule has 0 radical (unpaired) electrons. The molecule has 0 saturated heterocycles. The Hall–Kier alpha value is -3.89. The smallest absolute Gasteiger partial charge is 0.118 e. The van der Waals surface area contributed by atoms with Gasteiger partial charge in [-0.2, -0.15) is 5.10 Å². The average molecular weight is 466 g/mol. The maximum Gasteiger partial charge on any atom is 0.118 e. The number of rotatable bonds is 6. The molecule has 1 aliphatic rings. The van der Waals surface area contributed by atoms with Crippen molar-refractivity contribution >= 4 is 34.9 Å². The molecule has 4 aromatic carbocycles. The summed E-state index contributed by atoms with van der Waals surface area (Å²) in [6.07, 6.45) is 2.61. The van der Waals surface area contributed by atoms with Gasteiger partial charge >= 0.3 is 0 Å². The third kappa shape index (κ3) is 4.73. The van der Waals surface area contributed by atoms with E-state index < -0.39 is 0 Å². The molecular formula is C29H24ClN3O. The number of hydrogen-bond acceptors (Lipinski definition) is 4. The lowest BCUT2D eigenvalue weighted by molar-refractivity contribution is 0.414. The van der Waals surface area contributed by atoms with Crippen molar-refractivity contribution in [1.29, 1.82) is 0 Å². The number of methoxy groups -OCH3 is 1. The van der Waals surface area contributed by atoms with Gasteiger partial charge < -0.3 is 4.74 Å². The Morgan fingerprint density at radius 2 is 1.59 bits per heavy atom. The predicted octanol–water partition coefficient (Wildman–Crippen LogP) is 7.45. The molecule has 0 spiro atoms. The Morgan fingerprint density at radius 1 is 0.882 bits per heavy atom. The molecular weight excluding hydrogens is 442 g/mol. The SMILES string of the molecule is COc1ccc([C@@H]2CC(c3ccccc3)=NN2c2ccc(N=Cc3ccccc3Cl)cc2)cc1. The maximum atomic E-state index is 6.24. The van der Waals surface area contributed by atoms with Gasteiger partial charge in [0.25, 0.3) is 0 Å². The minimum absolute atomic E-state index is 0.0959. The van der Waals surface area contributed by atoms with Gasteiger partial charge in [0, 0.05) is 23.2 Å². The summed E-state index contributed by atoms with van der Waals surface area (Å²) in [6, 6.07) is 34.5. The molecule has 34 heavy (non-hydrogen) atoms. The van der Waals surface area contributed by atoms with Gasteiger partial charge in [-0.1, -0.05) is 72.3 Å². The zero-order valence-electron chi connectivity index (χ0n) is 18.8. The van der Waals surface area contributed by atoms with Crippen LogP contribution in [0.4, 0.5) is 11.4 Å². The van der Waals surface area contributed by atoms with Crippen molar-refractivity contribution in [3.63, 3.8) is 0 Å². The number of benzene rings is 4. The van der Waals surface area contributed by atoms with Crippen LogP contribution in [0.15, 0.2) is 113 Å². The maximum absolute atomic E-state index is 6.24. The van der Waals surface area contributed by atoms with Gasteiger partial charge in [0.05, 0.1) is 30.2 Å². The van der Waals surface area contributed by atoms with E-state index in [2.05, 4.69) is 58.5 Å². The number of halogens is 1. The second kappa shape index (κ2) is 9.94. The molecule has 0 fully saturated rings. The number of aliphatic imine (C=N–C) groups is 1. The fourth-order valence-corrected chi connectivity index (χ4v) is 4.24. The number of hydrazone groups is 1. The number of nitrogens with zero attached hydrogens (tertiary/aromatic N) is 3. The molecule has 0 aliphatic carbocycles. The highest BCUT2D eigenvalue weighted by atomic mass is 35.5. The Balaban J connectivity index is 1.44. The number of anilines is 1. The third-order valence-electron chi connectivity index (χ3n) is 5.89. The van der Waals surface area contributed by atoms with E-state index in [1.54, 1.807) is 13.3 Å². The summed E-state index contributed by atoms with van der Waals surface area (Å²) in [5.74, 6) is 0.846. The lowest BCUT2D eigenvalue weighted by atomic mass is 9.98. The fraction of sp³-hybridized carbons (Fsp3) is 0.103. The monoisotopic (exact) mass is 465 g/mol. The summed E-state index contributed by atoms with van der Waals surface area (Å²) in [6.45, 7) is 0. The minimum atomic E-state index is 0.0959. The molecule has 0 saturated carbocycles. The van der Waals surface area contributed by atoms with Crippen LogP contribution in [0, 0.1) is 0 Å².